The summed E-state index contributed by atoms with van der Waals surface area (Å²) in [5.41, 5.74) is 1.67. The van der Waals surface area contributed by atoms with Gasteiger partial charge in [-0.15, -0.1) is 0 Å². The van der Waals surface area contributed by atoms with E-state index in [1.807, 2.05) is 32.9 Å². The Balaban J connectivity index is 1.98. The number of nitrogens with one attached hydrogen (secondary N) is 1. The lowest BCUT2D eigenvalue weighted by Gasteiger charge is -2.28. The number of aryl methyl sites for hydroxylation is 1. The fourth-order valence-electron chi connectivity index (χ4n) is 3.03. The van der Waals surface area contributed by atoms with E-state index < -0.39 is 17.8 Å². The van der Waals surface area contributed by atoms with Crippen molar-refractivity contribution in [2.75, 3.05) is 4.90 Å². The van der Waals surface area contributed by atoms with Gasteiger partial charge in [0.05, 0.1) is 16.8 Å². The lowest BCUT2D eigenvalue weighted by molar-refractivity contribution is -0.122. The van der Waals surface area contributed by atoms with Crippen molar-refractivity contribution >= 4 is 41.2 Å². The van der Waals surface area contributed by atoms with Crippen molar-refractivity contribution in [2.45, 2.75) is 33.3 Å². The van der Waals surface area contributed by atoms with Crippen LogP contribution in [0.25, 0.3) is 6.08 Å². The summed E-state index contributed by atoms with van der Waals surface area (Å²) in [6.07, 6.45) is 2.00. The minimum Gasteiger partial charge on any atom is -0.489 e. The van der Waals surface area contributed by atoms with Crippen LogP contribution in [0.1, 0.15) is 31.9 Å². The topological polar surface area (TPSA) is 75.7 Å². The van der Waals surface area contributed by atoms with Crippen molar-refractivity contribution < 1.29 is 19.1 Å². The average molecular weight is 413 g/mol. The Labute approximate surface area is 174 Å². The predicted molar refractivity (Wildman–Crippen MR) is 112 cm³/mol. The van der Waals surface area contributed by atoms with Crippen molar-refractivity contribution in [3.63, 3.8) is 0 Å². The van der Waals surface area contributed by atoms with E-state index in [1.165, 1.54) is 6.08 Å². The first-order valence-electron chi connectivity index (χ1n) is 9.27. The third-order valence-electron chi connectivity index (χ3n) is 4.34. The summed E-state index contributed by atoms with van der Waals surface area (Å²) in [5, 5.41) is 2.60. The Hall–Kier alpha value is -3.12. The van der Waals surface area contributed by atoms with Crippen LogP contribution in [0.4, 0.5) is 10.5 Å². The van der Waals surface area contributed by atoms with Gasteiger partial charge in [0, 0.05) is 0 Å². The molecule has 4 amide bonds. The molecule has 6 nitrogen and oxygen atoms in total. The zero-order valence-electron chi connectivity index (χ0n) is 16.4. The molecule has 1 aliphatic heterocycles. The van der Waals surface area contributed by atoms with Gasteiger partial charge in [-0.1, -0.05) is 42.8 Å². The molecule has 0 aromatic heterocycles. The van der Waals surface area contributed by atoms with E-state index in [0.717, 1.165) is 10.5 Å². The normalized spacial score (nSPS) is 15.8. The molecule has 1 heterocycles. The zero-order chi connectivity index (χ0) is 21.1. The Morgan fingerprint density at radius 3 is 2.52 bits per heavy atom. The molecule has 2 aromatic rings. The Bertz CT molecular complexity index is 1010. The fraction of sp³-hybridized carbons (Fsp3) is 0.227. The SMILES string of the molecule is CCc1ccccc1N1C(=O)NC(=O)/C(=C/c2ccc(OC(C)C)c(Cl)c2)C1=O. The molecular formula is C22H21ClN2O4. The number of hydrogen-bond acceptors (Lipinski definition) is 4. The number of para-hydroxylation sites is 1. The van der Waals surface area contributed by atoms with Crippen LogP contribution in [0, 0.1) is 0 Å². The third-order valence-corrected chi connectivity index (χ3v) is 4.64. The average Bonchev–Trinajstić information content (AvgIpc) is 2.67. The molecule has 0 unspecified atom stereocenters. The van der Waals surface area contributed by atoms with Crippen molar-refractivity contribution in [1.29, 1.82) is 0 Å². The Kier molecular flexibility index (Phi) is 6.03. The smallest absolute Gasteiger partial charge is 0.335 e. The molecule has 2 aromatic carbocycles. The Morgan fingerprint density at radius 2 is 1.86 bits per heavy atom. The molecule has 1 saturated heterocycles. The standard InChI is InChI=1S/C22H21ClN2O4/c1-4-15-7-5-6-8-18(15)25-21(27)16(20(26)24-22(25)28)11-14-9-10-19(17(23)12-14)29-13(2)3/h5-13H,4H2,1-3H3,(H,24,26,28)/b16-11-. The molecule has 0 bridgehead atoms. The second-order valence-corrected chi connectivity index (χ2v) is 7.20. The number of benzene rings is 2. The van der Waals surface area contributed by atoms with Crippen LogP contribution in [-0.4, -0.2) is 23.9 Å². The van der Waals surface area contributed by atoms with E-state index in [1.54, 1.807) is 30.3 Å². The molecule has 0 radical (unpaired) electrons. The molecule has 7 heteroatoms. The van der Waals surface area contributed by atoms with E-state index in [0.29, 0.717) is 28.4 Å². The number of rotatable bonds is 5. The van der Waals surface area contributed by atoms with Crippen molar-refractivity contribution in [1.82, 2.24) is 5.32 Å². The summed E-state index contributed by atoms with van der Waals surface area (Å²) >= 11 is 6.25. The van der Waals surface area contributed by atoms with Gasteiger partial charge in [0.25, 0.3) is 11.8 Å². The van der Waals surface area contributed by atoms with Gasteiger partial charge >= 0.3 is 6.03 Å². The second-order valence-electron chi connectivity index (χ2n) is 6.80. The van der Waals surface area contributed by atoms with Gasteiger partial charge in [0.1, 0.15) is 11.3 Å². The quantitative estimate of drug-likeness (QED) is 0.585. The number of halogens is 1. The van der Waals surface area contributed by atoms with Crippen molar-refractivity contribution in [3.05, 3.63) is 64.2 Å². The van der Waals surface area contributed by atoms with Crippen LogP contribution in [0.5, 0.6) is 5.75 Å². The monoisotopic (exact) mass is 412 g/mol. The fourth-order valence-corrected chi connectivity index (χ4v) is 3.26. The van der Waals surface area contributed by atoms with Gasteiger partial charge in [-0.2, -0.15) is 0 Å². The lowest BCUT2D eigenvalue weighted by atomic mass is 10.0. The maximum atomic E-state index is 13.0. The van der Waals surface area contributed by atoms with Crippen LogP contribution in [-0.2, 0) is 16.0 Å². The predicted octanol–water partition coefficient (Wildman–Crippen LogP) is 4.36. The molecule has 0 aliphatic carbocycles. The number of amides is 4. The first kappa shape index (κ1) is 20.6. The van der Waals surface area contributed by atoms with Gasteiger partial charge < -0.3 is 4.74 Å². The minimum atomic E-state index is -0.767. The summed E-state index contributed by atoms with van der Waals surface area (Å²) in [5.74, 6) is -0.918. The molecule has 1 aliphatic rings. The summed E-state index contributed by atoms with van der Waals surface area (Å²) in [6.45, 7) is 5.70. The summed E-state index contributed by atoms with van der Waals surface area (Å²) in [4.78, 5) is 38.8. The molecule has 0 atom stereocenters. The van der Waals surface area contributed by atoms with Crippen LogP contribution < -0.4 is 15.0 Å². The number of carbonyl (C=O) groups excluding carboxylic acids is 3. The van der Waals surface area contributed by atoms with Gasteiger partial charge in [-0.3, -0.25) is 14.9 Å². The molecule has 0 spiro atoms. The highest BCUT2D eigenvalue weighted by molar-refractivity contribution is 6.39. The Morgan fingerprint density at radius 1 is 1.14 bits per heavy atom. The lowest BCUT2D eigenvalue weighted by Crippen LogP contribution is -2.54. The third kappa shape index (κ3) is 4.32. The summed E-state index contributed by atoms with van der Waals surface area (Å²) in [6, 6.07) is 11.3. The first-order chi connectivity index (χ1) is 13.8. The first-order valence-corrected chi connectivity index (χ1v) is 9.65. The highest BCUT2D eigenvalue weighted by Crippen LogP contribution is 2.29. The van der Waals surface area contributed by atoms with E-state index in [9.17, 15) is 14.4 Å². The maximum absolute atomic E-state index is 13.0. The van der Waals surface area contributed by atoms with Crippen molar-refractivity contribution in [2.24, 2.45) is 0 Å². The maximum Gasteiger partial charge on any atom is 0.335 e. The number of nitrogens with zero attached hydrogens (tertiary/aromatic N) is 1. The molecular weight excluding hydrogens is 392 g/mol. The number of carbonyl (C=O) groups is 3. The summed E-state index contributed by atoms with van der Waals surface area (Å²) < 4.78 is 5.59. The van der Waals surface area contributed by atoms with Gasteiger partial charge in [0.2, 0.25) is 0 Å². The molecule has 0 saturated carbocycles. The molecule has 1 N–H and O–H groups in total. The van der Waals surface area contributed by atoms with E-state index in [2.05, 4.69) is 5.32 Å². The number of hydrogen-bond donors (Lipinski definition) is 1. The molecule has 29 heavy (non-hydrogen) atoms. The van der Waals surface area contributed by atoms with Gasteiger partial charge in [-0.05, 0) is 55.7 Å². The van der Waals surface area contributed by atoms with E-state index in [-0.39, 0.29) is 11.7 Å². The van der Waals surface area contributed by atoms with Crippen molar-refractivity contribution in [3.8, 4) is 5.75 Å². The minimum absolute atomic E-state index is 0.0411. The zero-order valence-corrected chi connectivity index (χ0v) is 17.1. The number of imide groups is 2. The van der Waals surface area contributed by atoms with E-state index >= 15 is 0 Å². The highest BCUT2D eigenvalue weighted by atomic mass is 35.5. The number of urea groups is 1. The molecule has 150 valence electrons. The number of barbiturate groups is 1. The van der Waals surface area contributed by atoms with Crippen LogP contribution in [0.15, 0.2) is 48.0 Å². The number of anilines is 1. The van der Waals surface area contributed by atoms with Crippen LogP contribution in [0.2, 0.25) is 5.02 Å². The number of ether oxygens (including phenoxy) is 1. The van der Waals surface area contributed by atoms with Crippen LogP contribution in [0.3, 0.4) is 0 Å². The summed E-state index contributed by atoms with van der Waals surface area (Å²) in [7, 11) is 0. The molecule has 3 rings (SSSR count). The van der Waals surface area contributed by atoms with Gasteiger partial charge in [0.15, 0.2) is 0 Å². The largest absolute Gasteiger partial charge is 0.489 e. The van der Waals surface area contributed by atoms with Gasteiger partial charge in [-0.25, -0.2) is 9.69 Å². The highest BCUT2D eigenvalue weighted by Gasteiger charge is 2.37. The molecule has 1 fully saturated rings. The second kappa shape index (κ2) is 8.49. The van der Waals surface area contributed by atoms with E-state index in [4.69, 9.17) is 16.3 Å². The van der Waals surface area contributed by atoms with Crippen LogP contribution >= 0.6 is 11.6 Å².